The minimum Gasteiger partial charge on any atom is -0.299 e. The number of carbonyl (C=O) groups is 2. The predicted molar refractivity (Wildman–Crippen MR) is 120 cm³/mol. The van der Waals surface area contributed by atoms with Crippen LogP contribution in [0.1, 0.15) is 12.0 Å². The molecule has 4 rings (SSSR count). The lowest BCUT2D eigenvalue weighted by Gasteiger charge is -2.16. The summed E-state index contributed by atoms with van der Waals surface area (Å²) in [5, 5.41) is 18.3. The summed E-state index contributed by atoms with van der Waals surface area (Å²) in [6, 6.07) is 20.0. The first-order valence-corrected chi connectivity index (χ1v) is 9.94. The molecule has 1 aliphatic heterocycles. The van der Waals surface area contributed by atoms with Crippen molar-refractivity contribution in [3.63, 3.8) is 0 Å². The SMILES string of the molecule is N#CCCn1cc(C=C2C(=O)NC(=S)NC2=O)c(-c2ccc(-c3ccccc3)cc2)n1. The molecule has 0 atom stereocenters. The molecule has 2 aromatic carbocycles. The number of rotatable bonds is 5. The Bertz CT molecular complexity index is 1220. The van der Waals surface area contributed by atoms with Gasteiger partial charge in [-0.3, -0.25) is 24.9 Å². The van der Waals surface area contributed by atoms with Crippen molar-refractivity contribution in [2.75, 3.05) is 0 Å². The number of nitriles is 1. The van der Waals surface area contributed by atoms with Crippen LogP contribution >= 0.6 is 12.2 Å². The monoisotopic (exact) mass is 427 g/mol. The number of hydrogen-bond acceptors (Lipinski definition) is 5. The normalized spacial score (nSPS) is 13.4. The van der Waals surface area contributed by atoms with Gasteiger partial charge in [-0.2, -0.15) is 10.4 Å². The van der Waals surface area contributed by atoms with E-state index in [0.717, 1.165) is 16.7 Å². The number of thiocarbonyl (C=S) groups is 1. The van der Waals surface area contributed by atoms with E-state index in [9.17, 15) is 9.59 Å². The lowest BCUT2D eigenvalue weighted by molar-refractivity contribution is -0.123. The third-order valence-electron chi connectivity index (χ3n) is 4.75. The van der Waals surface area contributed by atoms with E-state index in [1.54, 1.807) is 10.9 Å². The number of benzene rings is 2. The molecule has 3 aromatic rings. The van der Waals surface area contributed by atoms with Crippen molar-refractivity contribution in [1.29, 1.82) is 5.26 Å². The topological polar surface area (TPSA) is 99.8 Å². The van der Waals surface area contributed by atoms with Crippen LogP contribution in [0.25, 0.3) is 28.5 Å². The van der Waals surface area contributed by atoms with E-state index in [2.05, 4.69) is 21.8 Å². The number of aromatic nitrogens is 2. The van der Waals surface area contributed by atoms with E-state index in [-0.39, 0.29) is 10.7 Å². The summed E-state index contributed by atoms with van der Waals surface area (Å²) in [7, 11) is 0. The largest absolute Gasteiger partial charge is 0.299 e. The van der Waals surface area contributed by atoms with Crippen molar-refractivity contribution in [3.8, 4) is 28.5 Å². The second kappa shape index (κ2) is 8.73. The first-order valence-electron chi connectivity index (χ1n) is 9.54. The van der Waals surface area contributed by atoms with E-state index in [0.29, 0.717) is 24.2 Å². The Morgan fingerprint density at radius 2 is 1.58 bits per heavy atom. The zero-order valence-corrected chi connectivity index (χ0v) is 17.1. The van der Waals surface area contributed by atoms with Gasteiger partial charge in [-0.1, -0.05) is 54.6 Å². The Hall–Kier alpha value is -4.09. The number of amides is 2. The number of nitrogens with one attached hydrogen (secondary N) is 2. The summed E-state index contributed by atoms with van der Waals surface area (Å²) in [6.07, 6.45) is 3.50. The molecule has 0 unspecified atom stereocenters. The average Bonchev–Trinajstić information content (AvgIpc) is 3.18. The highest BCUT2D eigenvalue weighted by Gasteiger charge is 2.26. The highest BCUT2D eigenvalue weighted by Crippen LogP contribution is 2.28. The minimum absolute atomic E-state index is 0.0198. The molecular weight excluding hydrogens is 410 g/mol. The molecule has 1 aromatic heterocycles. The van der Waals surface area contributed by atoms with Gasteiger partial charge in [0.05, 0.1) is 24.7 Å². The van der Waals surface area contributed by atoms with Crippen molar-refractivity contribution >= 4 is 35.2 Å². The second-order valence-corrected chi connectivity index (χ2v) is 7.25. The van der Waals surface area contributed by atoms with Gasteiger partial charge in [0.2, 0.25) is 0 Å². The van der Waals surface area contributed by atoms with E-state index < -0.39 is 11.8 Å². The van der Waals surface area contributed by atoms with Gasteiger partial charge >= 0.3 is 0 Å². The summed E-state index contributed by atoms with van der Waals surface area (Å²) in [4.78, 5) is 24.5. The summed E-state index contributed by atoms with van der Waals surface area (Å²) in [5.41, 5.74) is 4.14. The quantitative estimate of drug-likeness (QED) is 0.370. The maximum atomic E-state index is 12.2. The zero-order chi connectivity index (χ0) is 21.8. The maximum absolute atomic E-state index is 12.2. The molecule has 7 nitrogen and oxygen atoms in total. The number of nitrogens with zero attached hydrogens (tertiary/aromatic N) is 3. The molecule has 1 aliphatic rings. The third-order valence-corrected chi connectivity index (χ3v) is 4.96. The number of aryl methyl sites for hydroxylation is 1. The first-order chi connectivity index (χ1) is 15.0. The van der Waals surface area contributed by atoms with Gasteiger partial charge in [0.1, 0.15) is 5.57 Å². The van der Waals surface area contributed by atoms with Crippen LogP contribution in [0, 0.1) is 11.3 Å². The van der Waals surface area contributed by atoms with Gasteiger partial charge in [-0.25, -0.2) is 0 Å². The molecule has 2 amide bonds. The van der Waals surface area contributed by atoms with E-state index >= 15 is 0 Å². The molecule has 1 saturated heterocycles. The fourth-order valence-electron chi connectivity index (χ4n) is 3.26. The predicted octanol–water partition coefficient (Wildman–Crippen LogP) is 3.05. The van der Waals surface area contributed by atoms with Crippen molar-refractivity contribution in [1.82, 2.24) is 20.4 Å². The highest BCUT2D eigenvalue weighted by molar-refractivity contribution is 7.80. The first kappa shape index (κ1) is 20.2. The number of hydrogen-bond donors (Lipinski definition) is 2. The Kier molecular flexibility index (Phi) is 5.69. The molecule has 0 spiro atoms. The van der Waals surface area contributed by atoms with Gasteiger partial charge in [0, 0.05) is 17.3 Å². The molecule has 0 radical (unpaired) electrons. The van der Waals surface area contributed by atoms with Gasteiger partial charge in [-0.05, 0) is 29.4 Å². The summed E-state index contributed by atoms with van der Waals surface area (Å²) < 4.78 is 1.64. The van der Waals surface area contributed by atoms with Crippen LogP contribution in [0.2, 0.25) is 0 Å². The Balaban J connectivity index is 1.73. The Morgan fingerprint density at radius 3 is 2.23 bits per heavy atom. The van der Waals surface area contributed by atoms with Crippen LogP contribution in [-0.2, 0) is 16.1 Å². The molecule has 2 N–H and O–H groups in total. The van der Waals surface area contributed by atoms with Crippen molar-refractivity contribution in [2.45, 2.75) is 13.0 Å². The van der Waals surface area contributed by atoms with Crippen molar-refractivity contribution in [2.24, 2.45) is 0 Å². The smallest absolute Gasteiger partial charge is 0.263 e. The molecule has 152 valence electrons. The molecule has 31 heavy (non-hydrogen) atoms. The highest BCUT2D eigenvalue weighted by atomic mass is 32.1. The molecule has 1 fully saturated rings. The second-order valence-electron chi connectivity index (χ2n) is 6.84. The van der Waals surface area contributed by atoms with E-state index in [1.807, 2.05) is 54.6 Å². The van der Waals surface area contributed by atoms with E-state index in [4.69, 9.17) is 17.5 Å². The lowest BCUT2D eigenvalue weighted by atomic mass is 10.0. The van der Waals surface area contributed by atoms with Crippen LogP contribution in [0.5, 0.6) is 0 Å². The van der Waals surface area contributed by atoms with Crippen molar-refractivity contribution in [3.05, 3.63) is 71.9 Å². The summed E-state index contributed by atoms with van der Waals surface area (Å²) in [6.45, 7) is 0.400. The molecule has 2 heterocycles. The molecule has 8 heteroatoms. The third kappa shape index (κ3) is 4.42. The van der Waals surface area contributed by atoms with Gasteiger partial charge in [0.15, 0.2) is 5.11 Å². The molecule has 0 bridgehead atoms. The van der Waals surface area contributed by atoms with Crippen LogP contribution < -0.4 is 10.6 Å². The Labute approximate surface area is 184 Å². The minimum atomic E-state index is -0.566. The summed E-state index contributed by atoms with van der Waals surface area (Å²) >= 11 is 4.85. The van der Waals surface area contributed by atoms with Gasteiger partial charge in [-0.15, -0.1) is 0 Å². The fraction of sp³-hybridized carbons (Fsp3) is 0.0870. The van der Waals surface area contributed by atoms with E-state index in [1.165, 1.54) is 6.08 Å². The standard InChI is InChI=1S/C23H17N5O2S/c24-11-4-12-28-14-18(13-19-21(29)25-23(31)26-22(19)30)20(27-28)17-9-7-16(8-10-17)15-5-2-1-3-6-15/h1-3,5-10,13-14H,4,12H2,(H2,25,26,29,30,31). The average molecular weight is 427 g/mol. The fourth-order valence-corrected chi connectivity index (χ4v) is 3.44. The van der Waals surface area contributed by atoms with Crippen molar-refractivity contribution < 1.29 is 9.59 Å². The maximum Gasteiger partial charge on any atom is 0.263 e. The Morgan fingerprint density at radius 1 is 0.968 bits per heavy atom. The van der Waals surface area contributed by atoms with Crippen LogP contribution in [-0.4, -0.2) is 26.7 Å². The lowest BCUT2D eigenvalue weighted by Crippen LogP contribution is -2.51. The molecule has 0 aliphatic carbocycles. The number of carbonyl (C=O) groups excluding carboxylic acids is 2. The summed E-state index contributed by atoms with van der Waals surface area (Å²) in [5.74, 6) is -1.13. The van der Waals surface area contributed by atoms with Crippen LogP contribution in [0.3, 0.4) is 0 Å². The van der Waals surface area contributed by atoms with Gasteiger partial charge < -0.3 is 0 Å². The van der Waals surface area contributed by atoms with Gasteiger partial charge in [0.25, 0.3) is 11.8 Å². The van der Waals surface area contributed by atoms with Crippen LogP contribution in [0.4, 0.5) is 0 Å². The zero-order valence-electron chi connectivity index (χ0n) is 16.3. The van der Waals surface area contributed by atoms with Crippen LogP contribution in [0.15, 0.2) is 66.4 Å². The molecule has 0 saturated carbocycles. The molecular formula is C23H17N5O2S.